The van der Waals surface area contributed by atoms with E-state index < -0.39 is 0 Å². The Kier molecular flexibility index (Phi) is 8.92. The third-order valence-electron chi connectivity index (χ3n) is 4.34. The van der Waals surface area contributed by atoms with Gasteiger partial charge in [0.2, 0.25) is 5.91 Å². The van der Waals surface area contributed by atoms with Crippen LogP contribution >= 0.6 is 0 Å². The lowest BCUT2D eigenvalue weighted by molar-refractivity contribution is -0.134. The van der Waals surface area contributed by atoms with Gasteiger partial charge in [-0.3, -0.25) is 4.79 Å². The lowest BCUT2D eigenvalue weighted by Gasteiger charge is -2.32. The Morgan fingerprint density at radius 2 is 1.70 bits per heavy atom. The maximum atomic E-state index is 12.7. The number of hydrogen-bond donors (Lipinski definition) is 1. The molecule has 20 heavy (non-hydrogen) atoms. The summed E-state index contributed by atoms with van der Waals surface area (Å²) >= 11 is 0. The molecular weight excluding hydrogens is 248 g/mol. The fourth-order valence-corrected chi connectivity index (χ4v) is 2.95. The fourth-order valence-electron chi connectivity index (χ4n) is 2.95. The predicted octanol–water partition coefficient (Wildman–Crippen LogP) is 3.58. The molecule has 3 heteroatoms. The zero-order valence-electron chi connectivity index (χ0n) is 13.8. The largest absolute Gasteiger partial charge is 0.341 e. The first-order chi connectivity index (χ1) is 9.69. The molecule has 0 radical (unpaired) electrons. The van der Waals surface area contributed by atoms with Gasteiger partial charge in [0, 0.05) is 13.1 Å². The Labute approximate surface area is 125 Å². The van der Waals surface area contributed by atoms with Crippen molar-refractivity contribution < 1.29 is 4.79 Å². The zero-order valence-corrected chi connectivity index (χ0v) is 13.8. The number of amides is 1. The Morgan fingerprint density at radius 3 is 2.20 bits per heavy atom. The predicted molar refractivity (Wildman–Crippen MR) is 85.8 cm³/mol. The van der Waals surface area contributed by atoms with E-state index in [-0.39, 0.29) is 6.04 Å². The zero-order chi connectivity index (χ0) is 14.8. The van der Waals surface area contributed by atoms with Gasteiger partial charge < -0.3 is 10.2 Å². The molecule has 1 fully saturated rings. The highest BCUT2D eigenvalue weighted by molar-refractivity contribution is 5.82. The van der Waals surface area contributed by atoms with E-state index in [1.54, 1.807) is 0 Å². The monoisotopic (exact) mass is 282 g/mol. The van der Waals surface area contributed by atoms with Crippen LogP contribution < -0.4 is 5.32 Å². The maximum Gasteiger partial charge on any atom is 0.239 e. The van der Waals surface area contributed by atoms with E-state index >= 15 is 0 Å². The number of carbonyl (C=O) groups is 1. The first-order valence-corrected chi connectivity index (χ1v) is 8.71. The van der Waals surface area contributed by atoms with Gasteiger partial charge in [-0.25, -0.2) is 0 Å². The second-order valence-electron chi connectivity index (χ2n) is 6.38. The van der Waals surface area contributed by atoms with Crippen LogP contribution in [-0.2, 0) is 4.79 Å². The molecule has 1 heterocycles. The fraction of sp³-hybridized carbons (Fsp3) is 0.941. The molecule has 1 aliphatic heterocycles. The van der Waals surface area contributed by atoms with Crippen molar-refractivity contribution in [2.45, 2.75) is 78.2 Å². The number of nitrogens with zero attached hydrogens (tertiary/aromatic N) is 1. The summed E-state index contributed by atoms with van der Waals surface area (Å²) in [6.45, 7) is 9.59. The van der Waals surface area contributed by atoms with Crippen LogP contribution in [0.25, 0.3) is 0 Å². The minimum Gasteiger partial charge on any atom is -0.341 e. The van der Waals surface area contributed by atoms with Gasteiger partial charge in [0.25, 0.3) is 0 Å². The molecular formula is C17H34N2O. The van der Waals surface area contributed by atoms with E-state index in [0.29, 0.717) is 11.8 Å². The summed E-state index contributed by atoms with van der Waals surface area (Å²) in [7, 11) is 0. The summed E-state index contributed by atoms with van der Waals surface area (Å²) in [4.78, 5) is 14.8. The van der Waals surface area contributed by atoms with Gasteiger partial charge in [-0.15, -0.1) is 0 Å². The van der Waals surface area contributed by atoms with Gasteiger partial charge in [-0.1, -0.05) is 46.5 Å². The Balaban J connectivity index is 2.47. The maximum absolute atomic E-state index is 12.7. The number of carbonyl (C=O) groups excluding carboxylic acids is 1. The second-order valence-corrected chi connectivity index (χ2v) is 6.38. The minimum atomic E-state index is 0.0713. The summed E-state index contributed by atoms with van der Waals surface area (Å²) in [5, 5.41) is 3.42. The number of nitrogens with one attached hydrogen (secondary N) is 1. The average molecular weight is 282 g/mol. The van der Waals surface area contributed by atoms with Crippen molar-refractivity contribution in [1.29, 1.82) is 0 Å². The summed E-state index contributed by atoms with van der Waals surface area (Å²) < 4.78 is 0. The molecule has 1 rings (SSSR count). The standard InChI is InChI=1S/C17H34N2O/c1-4-6-8-12-19(13-9-7-5-2)17(20)16-14-15(3)10-11-18-16/h15-16,18H,4-14H2,1-3H3. The van der Waals surface area contributed by atoms with E-state index in [1.165, 1.54) is 32.1 Å². The molecule has 0 aromatic heterocycles. The molecule has 0 aromatic rings. The van der Waals surface area contributed by atoms with Crippen molar-refractivity contribution in [3.05, 3.63) is 0 Å². The minimum absolute atomic E-state index is 0.0713. The van der Waals surface area contributed by atoms with Crippen LogP contribution in [0.3, 0.4) is 0 Å². The van der Waals surface area contributed by atoms with E-state index in [4.69, 9.17) is 0 Å². The third kappa shape index (κ3) is 6.25. The highest BCUT2D eigenvalue weighted by Crippen LogP contribution is 2.17. The SMILES string of the molecule is CCCCCN(CCCCC)C(=O)C1CC(C)CCN1. The van der Waals surface area contributed by atoms with Crippen molar-refractivity contribution in [3.8, 4) is 0 Å². The Morgan fingerprint density at radius 1 is 1.10 bits per heavy atom. The average Bonchev–Trinajstić information content (AvgIpc) is 2.45. The lowest BCUT2D eigenvalue weighted by atomic mass is 9.93. The highest BCUT2D eigenvalue weighted by Gasteiger charge is 2.27. The van der Waals surface area contributed by atoms with Gasteiger partial charge in [-0.2, -0.15) is 0 Å². The van der Waals surface area contributed by atoms with Crippen molar-refractivity contribution in [3.63, 3.8) is 0 Å². The van der Waals surface area contributed by atoms with Gasteiger partial charge >= 0.3 is 0 Å². The summed E-state index contributed by atoms with van der Waals surface area (Å²) in [6.07, 6.45) is 9.41. The molecule has 1 aliphatic rings. The molecule has 3 nitrogen and oxygen atoms in total. The van der Waals surface area contributed by atoms with Gasteiger partial charge in [0.05, 0.1) is 6.04 Å². The molecule has 1 saturated heterocycles. The second kappa shape index (κ2) is 10.2. The topological polar surface area (TPSA) is 32.3 Å². The number of piperidine rings is 1. The molecule has 2 atom stereocenters. The van der Waals surface area contributed by atoms with Crippen molar-refractivity contribution in [1.82, 2.24) is 10.2 Å². The van der Waals surface area contributed by atoms with Crippen molar-refractivity contribution in [2.75, 3.05) is 19.6 Å². The molecule has 0 aromatic carbocycles. The van der Waals surface area contributed by atoms with Gasteiger partial charge in [0.15, 0.2) is 0 Å². The molecule has 1 amide bonds. The molecule has 1 N–H and O–H groups in total. The molecule has 0 bridgehead atoms. The van der Waals surface area contributed by atoms with Crippen molar-refractivity contribution >= 4 is 5.91 Å². The first kappa shape index (κ1) is 17.5. The van der Waals surface area contributed by atoms with Crippen molar-refractivity contribution in [2.24, 2.45) is 5.92 Å². The van der Waals surface area contributed by atoms with Crippen LogP contribution in [-0.4, -0.2) is 36.5 Å². The van der Waals surface area contributed by atoms with Crippen LogP contribution in [0.15, 0.2) is 0 Å². The molecule has 2 unspecified atom stereocenters. The van der Waals surface area contributed by atoms with E-state index in [2.05, 4.69) is 31.0 Å². The summed E-state index contributed by atoms with van der Waals surface area (Å²) in [6, 6.07) is 0.0713. The molecule has 0 saturated carbocycles. The van der Waals surface area contributed by atoms with Crippen LogP contribution in [0.4, 0.5) is 0 Å². The van der Waals surface area contributed by atoms with Crippen LogP contribution in [0.5, 0.6) is 0 Å². The van der Waals surface area contributed by atoms with E-state index in [9.17, 15) is 4.79 Å². The van der Waals surface area contributed by atoms with E-state index in [1.807, 2.05) is 0 Å². The number of hydrogen-bond acceptors (Lipinski definition) is 2. The van der Waals surface area contributed by atoms with Crippen LogP contribution in [0.2, 0.25) is 0 Å². The number of unbranched alkanes of at least 4 members (excludes halogenated alkanes) is 4. The molecule has 0 spiro atoms. The Hall–Kier alpha value is -0.570. The van der Waals surface area contributed by atoms with Gasteiger partial charge in [0.1, 0.15) is 0 Å². The quantitative estimate of drug-likeness (QED) is 0.656. The molecule has 118 valence electrons. The summed E-state index contributed by atoms with van der Waals surface area (Å²) in [5.74, 6) is 1.03. The van der Waals surface area contributed by atoms with Gasteiger partial charge in [-0.05, 0) is 38.1 Å². The first-order valence-electron chi connectivity index (χ1n) is 8.71. The Bertz CT molecular complexity index is 258. The lowest BCUT2D eigenvalue weighted by Crippen LogP contribution is -2.50. The van der Waals surface area contributed by atoms with Crippen LogP contribution in [0, 0.1) is 5.92 Å². The highest BCUT2D eigenvalue weighted by atomic mass is 16.2. The molecule has 0 aliphatic carbocycles. The summed E-state index contributed by atoms with van der Waals surface area (Å²) in [5.41, 5.74) is 0. The normalized spacial score (nSPS) is 22.8. The van der Waals surface area contributed by atoms with E-state index in [0.717, 1.165) is 38.9 Å². The van der Waals surface area contributed by atoms with Crippen LogP contribution in [0.1, 0.15) is 72.1 Å². The number of rotatable bonds is 9. The smallest absolute Gasteiger partial charge is 0.239 e. The third-order valence-corrected chi connectivity index (χ3v) is 4.34.